The fourth-order valence-corrected chi connectivity index (χ4v) is 2.65. The first-order chi connectivity index (χ1) is 8.90. The molecule has 0 unspecified atom stereocenters. The van der Waals surface area contributed by atoms with Crippen LogP contribution in [0.3, 0.4) is 0 Å². The highest BCUT2D eigenvalue weighted by atomic mass is 16.5. The maximum atomic E-state index is 5.34. The Morgan fingerprint density at radius 1 is 1.11 bits per heavy atom. The Hall–Kier alpha value is -1.69. The quantitative estimate of drug-likeness (QED) is 0.730. The van der Waals surface area contributed by atoms with E-state index < -0.39 is 0 Å². The van der Waals surface area contributed by atoms with Gasteiger partial charge in [0.2, 0.25) is 5.95 Å². The summed E-state index contributed by atoms with van der Waals surface area (Å²) in [6, 6.07) is 0. The average Bonchev–Trinajstić information content (AvgIpc) is 3.01. The maximum absolute atomic E-state index is 5.34. The Labute approximate surface area is 105 Å². The van der Waals surface area contributed by atoms with Crippen LogP contribution in [0.1, 0.15) is 17.7 Å². The molecular formula is C12H15N5O. The number of morpholine rings is 1. The zero-order valence-corrected chi connectivity index (χ0v) is 10.2. The first-order valence-electron chi connectivity index (χ1n) is 6.48. The largest absolute Gasteiger partial charge is 0.378 e. The van der Waals surface area contributed by atoms with Crippen LogP contribution in [0.2, 0.25) is 0 Å². The third-order valence-corrected chi connectivity index (χ3v) is 3.64. The number of hydrogen-bond acceptors (Lipinski definition) is 5. The van der Waals surface area contributed by atoms with Crippen molar-refractivity contribution in [2.45, 2.75) is 19.3 Å². The van der Waals surface area contributed by atoms with Crippen LogP contribution in [-0.2, 0) is 17.6 Å². The van der Waals surface area contributed by atoms with E-state index in [1.807, 2.05) is 4.52 Å². The van der Waals surface area contributed by atoms with Crippen molar-refractivity contribution in [2.24, 2.45) is 0 Å². The summed E-state index contributed by atoms with van der Waals surface area (Å²) in [5.74, 6) is 1.49. The van der Waals surface area contributed by atoms with E-state index in [9.17, 15) is 0 Å². The summed E-state index contributed by atoms with van der Waals surface area (Å²) >= 11 is 0. The second-order valence-electron chi connectivity index (χ2n) is 4.82. The molecule has 0 radical (unpaired) electrons. The van der Waals surface area contributed by atoms with Crippen LogP contribution in [0, 0.1) is 0 Å². The van der Waals surface area contributed by atoms with Gasteiger partial charge in [-0.15, -0.1) is 5.10 Å². The lowest BCUT2D eigenvalue weighted by atomic mass is 10.3. The number of anilines is 1. The number of ether oxygens (including phenoxy) is 1. The predicted molar refractivity (Wildman–Crippen MR) is 65.8 cm³/mol. The van der Waals surface area contributed by atoms with E-state index in [-0.39, 0.29) is 0 Å². The van der Waals surface area contributed by atoms with Crippen molar-refractivity contribution in [1.82, 2.24) is 19.6 Å². The minimum absolute atomic E-state index is 0.720. The molecule has 1 aliphatic heterocycles. The van der Waals surface area contributed by atoms with E-state index in [1.54, 1.807) is 0 Å². The molecule has 2 aromatic rings. The van der Waals surface area contributed by atoms with Crippen molar-refractivity contribution in [3.8, 4) is 0 Å². The fraction of sp³-hybridized carbons (Fsp3) is 0.583. The van der Waals surface area contributed by atoms with Crippen molar-refractivity contribution >= 4 is 11.7 Å². The standard InChI is InChI=1S/C12H15N5O/c1-2-9-8-17-11(13-10(9)3-1)14-12(15-17)16-4-6-18-7-5-16/h8H,1-7H2. The summed E-state index contributed by atoms with van der Waals surface area (Å²) in [6.07, 6.45) is 5.48. The Morgan fingerprint density at radius 3 is 2.89 bits per heavy atom. The molecule has 0 aromatic carbocycles. The van der Waals surface area contributed by atoms with Crippen LogP contribution in [0.15, 0.2) is 6.20 Å². The molecule has 3 heterocycles. The second kappa shape index (κ2) is 3.91. The van der Waals surface area contributed by atoms with Crippen molar-refractivity contribution in [3.63, 3.8) is 0 Å². The zero-order chi connectivity index (χ0) is 11.9. The number of aryl methyl sites for hydroxylation is 2. The maximum Gasteiger partial charge on any atom is 0.254 e. The lowest BCUT2D eigenvalue weighted by Crippen LogP contribution is -2.36. The minimum Gasteiger partial charge on any atom is -0.378 e. The van der Waals surface area contributed by atoms with E-state index in [1.165, 1.54) is 17.7 Å². The highest BCUT2D eigenvalue weighted by Crippen LogP contribution is 2.21. The summed E-state index contributed by atoms with van der Waals surface area (Å²) < 4.78 is 7.15. The van der Waals surface area contributed by atoms with E-state index in [4.69, 9.17) is 4.74 Å². The molecule has 2 aliphatic rings. The van der Waals surface area contributed by atoms with Crippen molar-refractivity contribution in [1.29, 1.82) is 0 Å². The molecule has 4 rings (SSSR count). The Kier molecular flexibility index (Phi) is 2.23. The zero-order valence-electron chi connectivity index (χ0n) is 10.2. The molecule has 2 aromatic heterocycles. The Morgan fingerprint density at radius 2 is 2.00 bits per heavy atom. The van der Waals surface area contributed by atoms with E-state index >= 15 is 0 Å². The fourth-order valence-electron chi connectivity index (χ4n) is 2.65. The molecule has 0 amide bonds. The molecule has 0 bridgehead atoms. The van der Waals surface area contributed by atoms with Crippen molar-refractivity contribution in [2.75, 3.05) is 31.2 Å². The number of rotatable bonds is 1. The van der Waals surface area contributed by atoms with E-state index in [2.05, 4.69) is 26.2 Å². The van der Waals surface area contributed by atoms with Gasteiger partial charge in [-0.2, -0.15) is 4.98 Å². The van der Waals surface area contributed by atoms with Crippen LogP contribution in [0.5, 0.6) is 0 Å². The normalized spacial score (nSPS) is 19.4. The van der Waals surface area contributed by atoms with Gasteiger partial charge in [-0.05, 0) is 24.8 Å². The molecule has 1 fully saturated rings. The van der Waals surface area contributed by atoms with Crippen LogP contribution in [0.25, 0.3) is 5.78 Å². The summed E-state index contributed by atoms with van der Waals surface area (Å²) in [6.45, 7) is 3.21. The summed E-state index contributed by atoms with van der Waals surface area (Å²) in [7, 11) is 0. The van der Waals surface area contributed by atoms with Crippen LogP contribution in [0.4, 0.5) is 5.95 Å². The first-order valence-corrected chi connectivity index (χ1v) is 6.48. The molecule has 6 heteroatoms. The molecule has 18 heavy (non-hydrogen) atoms. The van der Waals surface area contributed by atoms with Gasteiger partial charge in [-0.1, -0.05) is 0 Å². The summed E-state index contributed by atoms with van der Waals surface area (Å²) in [4.78, 5) is 11.3. The van der Waals surface area contributed by atoms with Gasteiger partial charge in [0, 0.05) is 25.0 Å². The SMILES string of the molecule is c1c2c(nc3nc(N4CCOCC4)nn13)CCC2. The van der Waals surface area contributed by atoms with Crippen LogP contribution >= 0.6 is 0 Å². The van der Waals surface area contributed by atoms with Gasteiger partial charge in [0.15, 0.2) is 0 Å². The number of nitrogens with zero attached hydrogens (tertiary/aromatic N) is 5. The molecule has 0 N–H and O–H groups in total. The lowest BCUT2D eigenvalue weighted by molar-refractivity contribution is 0.122. The number of aromatic nitrogens is 4. The molecular weight excluding hydrogens is 230 g/mol. The highest BCUT2D eigenvalue weighted by molar-refractivity contribution is 5.42. The van der Waals surface area contributed by atoms with Crippen LogP contribution in [-0.4, -0.2) is 45.9 Å². The molecule has 0 atom stereocenters. The van der Waals surface area contributed by atoms with E-state index in [0.29, 0.717) is 0 Å². The molecule has 1 saturated heterocycles. The monoisotopic (exact) mass is 245 g/mol. The van der Waals surface area contributed by atoms with Gasteiger partial charge >= 0.3 is 0 Å². The minimum atomic E-state index is 0.720. The van der Waals surface area contributed by atoms with Gasteiger partial charge in [-0.3, -0.25) is 0 Å². The Bertz CT molecular complexity index is 546. The van der Waals surface area contributed by atoms with Gasteiger partial charge in [0.25, 0.3) is 5.78 Å². The number of fused-ring (bicyclic) bond motifs is 2. The van der Waals surface area contributed by atoms with E-state index in [0.717, 1.165) is 50.9 Å². The van der Waals surface area contributed by atoms with Gasteiger partial charge in [0.1, 0.15) is 0 Å². The molecule has 0 spiro atoms. The predicted octanol–water partition coefficient (Wildman–Crippen LogP) is 0.450. The summed E-state index contributed by atoms with van der Waals surface area (Å²) in [5.41, 5.74) is 2.52. The third-order valence-electron chi connectivity index (χ3n) is 3.64. The van der Waals surface area contributed by atoms with Crippen molar-refractivity contribution < 1.29 is 4.74 Å². The lowest BCUT2D eigenvalue weighted by Gasteiger charge is -2.25. The second-order valence-corrected chi connectivity index (χ2v) is 4.82. The van der Waals surface area contributed by atoms with Gasteiger partial charge in [-0.25, -0.2) is 9.50 Å². The molecule has 0 saturated carbocycles. The molecule has 1 aliphatic carbocycles. The smallest absolute Gasteiger partial charge is 0.254 e. The van der Waals surface area contributed by atoms with Gasteiger partial charge < -0.3 is 9.64 Å². The number of hydrogen-bond donors (Lipinski definition) is 0. The van der Waals surface area contributed by atoms with Gasteiger partial charge in [0.05, 0.1) is 13.2 Å². The summed E-state index contributed by atoms with van der Waals surface area (Å²) in [5, 5.41) is 4.53. The Balaban J connectivity index is 1.75. The first kappa shape index (κ1) is 10.3. The highest BCUT2D eigenvalue weighted by Gasteiger charge is 2.19. The molecule has 6 nitrogen and oxygen atoms in total. The van der Waals surface area contributed by atoms with Crippen molar-refractivity contribution in [3.05, 3.63) is 17.5 Å². The molecule has 94 valence electrons. The third kappa shape index (κ3) is 1.56. The van der Waals surface area contributed by atoms with Crippen LogP contribution < -0.4 is 4.90 Å². The topological polar surface area (TPSA) is 55.5 Å². The average molecular weight is 245 g/mol.